The number of nitrogens with one attached hydrogen (secondary N) is 1. The van der Waals surface area contributed by atoms with Crippen molar-refractivity contribution in [1.82, 2.24) is 29.8 Å². The van der Waals surface area contributed by atoms with Gasteiger partial charge >= 0.3 is 6.18 Å². The highest BCUT2D eigenvalue weighted by Gasteiger charge is 2.38. The Labute approximate surface area is 145 Å². The standard InChI is InChI=1S/C15H16F3N7O/c16-15(17,18)14-22-21-10-1-2-11(23-25(10)14)24-7-3-9(4-8-24)12(26)13-19-5-6-20-13/h1-2,5-6,9,12,26H,3-4,7-8H2,(H,19,20). The first-order valence-corrected chi connectivity index (χ1v) is 8.15. The number of imidazole rings is 1. The van der Waals surface area contributed by atoms with Gasteiger partial charge in [0, 0.05) is 25.5 Å². The number of nitrogens with zero attached hydrogens (tertiary/aromatic N) is 6. The Morgan fingerprint density at radius 1 is 1.19 bits per heavy atom. The molecule has 0 spiro atoms. The molecule has 11 heteroatoms. The van der Waals surface area contributed by atoms with Crippen LogP contribution in [0.15, 0.2) is 24.5 Å². The summed E-state index contributed by atoms with van der Waals surface area (Å²) in [5.74, 6) is -0.157. The van der Waals surface area contributed by atoms with Crippen LogP contribution in [0, 0.1) is 5.92 Å². The van der Waals surface area contributed by atoms with E-state index in [4.69, 9.17) is 0 Å². The molecule has 1 atom stereocenters. The number of aliphatic hydroxyl groups excluding tert-OH is 1. The van der Waals surface area contributed by atoms with E-state index in [9.17, 15) is 18.3 Å². The molecule has 0 radical (unpaired) electrons. The molecule has 1 fully saturated rings. The van der Waals surface area contributed by atoms with Crippen molar-refractivity contribution >= 4 is 11.5 Å². The van der Waals surface area contributed by atoms with E-state index in [2.05, 4.69) is 25.3 Å². The minimum atomic E-state index is -4.62. The fraction of sp³-hybridized carbons (Fsp3) is 0.467. The van der Waals surface area contributed by atoms with E-state index >= 15 is 0 Å². The van der Waals surface area contributed by atoms with Gasteiger partial charge in [0.1, 0.15) is 17.7 Å². The van der Waals surface area contributed by atoms with Gasteiger partial charge in [0.2, 0.25) is 0 Å². The smallest absolute Gasteiger partial charge is 0.385 e. The summed E-state index contributed by atoms with van der Waals surface area (Å²) in [6, 6.07) is 3.10. The number of fused-ring (bicyclic) bond motifs is 1. The molecule has 0 aromatic carbocycles. The summed E-state index contributed by atoms with van der Waals surface area (Å²) in [4.78, 5) is 8.87. The van der Waals surface area contributed by atoms with Crippen LogP contribution in [0.25, 0.3) is 5.65 Å². The van der Waals surface area contributed by atoms with Crippen LogP contribution in [0.2, 0.25) is 0 Å². The molecular formula is C15H16F3N7O. The Kier molecular flexibility index (Phi) is 4.02. The number of aromatic amines is 1. The number of hydrogen-bond acceptors (Lipinski definition) is 6. The SMILES string of the molecule is OC(c1ncc[nH]1)C1CCN(c2ccc3nnc(C(F)(F)F)n3n2)CC1. The molecule has 0 aliphatic carbocycles. The van der Waals surface area contributed by atoms with Crippen molar-refractivity contribution in [2.45, 2.75) is 25.1 Å². The zero-order valence-electron chi connectivity index (χ0n) is 13.6. The summed E-state index contributed by atoms with van der Waals surface area (Å²) in [7, 11) is 0. The van der Waals surface area contributed by atoms with Crippen LogP contribution in [0.3, 0.4) is 0 Å². The highest BCUT2D eigenvalue weighted by Crippen LogP contribution is 2.31. The summed E-state index contributed by atoms with van der Waals surface area (Å²) in [5, 5.41) is 21.1. The van der Waals surface area contributed by atoms with Crippen molar-refractivity contribution < 1.29 is 18.3 Å². The number of piperidine rings is 1. The molecule has 0 bridgehead atoms. The first-order chi connectivity index (χ1) is 12.4. The second kappa shape index (κ2) is 6.24. The molecule has 4 heterocycles. The van der Waals surface area contributed by atoms with E-state index in [0.717, 1.165) is 4.52 Å². The monoisotopic (exact) mass is 367 g/mol. The van der Waals surface area contributed by atoms with Crippen LogP contribution in [0.5, 0.6) is 0 Å². The fourth-order valence-electron chi connectivity index (χ4n) is 3.23. The van der Waals surface area contributed by atoms with Crippen LogP contribution in [0.1, 0.15) is 30.6 Å². The zero-order valence-corrected chi connectivity index (χ0v) is 13.6. The van der Waals surface area contributed by atoms with Gasteiger partial charge in [-0.15, -0.1) is 15.3 Å². The molecule has 1 aliphatic heterocycles. The third kappa shape index (κ3) is 2.98. The first kappa shape index (κ1) is 16.8. The average molecular weight is 367 g/mol. The first-order valence-electron chi connectivity index (χ1n) is 8.15. The molecule has 1 unspecified atom stereocenters. The largest absolute Gasteiger partial charge is 0.453 e. The van der Waals surface area contributed by atoms with E-state index in [1.165, 1.54) is 6.07 Å². The third-order valence-electron chi connectivity index (χ3n) is 4.61. The van der Waals surface area contributed by atoms with Crippen LogP contribution in [0.4, 0.5) is 19.0 Å². The molecular weight excluding hydrogens is 351 g/mol. The number of anilines is 1. The van der Waals surface area contributed by atoms with Gasteiger partial charge in [-0.05, 0) is 30.9 Å². The number of halogens is 3. The number of H-pyrrole nitrogens is 1. The summed E-state index contributed by atoms with van der Waals surface area (Å²) < 4.78 is 39.7. The van der Waals surface area contributed by atoms with Gasteiger partial charge in [-0.1, -0.05) is 0 Å². The van der Waals surface area contributed by atoms with Crippen molar-refractivity contribution in [2.75, 3.05) is 18.0 Å². The normalized spacial score (nSPS) is 17.8. The molecule has 0 amide bonds. The summed E-state index contributed by atoms with van der Waals surface area (Å²) >= 11 is 0. The Hall–Kier alpha value is -2.69. The molecule has 1 aliphatic rings. The molecule has 3 aromatic rings. The lowest BCUT2D eigenvalue weighted by atomic mass is 9.91. The Bertz CT molecular complexity index is 884. The maximum absolute atomic E-state index is 13.0. The van der Waals surface area contributed by atoms with E-state index in [1.807, 2.05) is 4.90 Å². The third-order valence-corrected chi connectivity index (χ3v) is 4.61. The van der Waals surface area contributed by atoms with Gasteiger partial charge < -0.3 is 15.0 Å². The molecule has 0 saturated carbocycles. The second-order valence-corrected chi connectivity index (χ2v) is 6.23. The lowest BCUT2D eigenvalue weighted by molar-refractivity contribution is -0.146. The molecule has 4 rings (SSSR count). The van der Waals surface area contributed by atoms with Gasteiger partial charge in [-0.2, -0.15) is 17.7 Å². The molecule has 8 nitrogen and oxygen atoms in total. The topological polar surface area (TPSA) is 95.2 Å². The predicted molar refractivity (Wildman–Crippen MR) is 84.3 cm³/mol. The lowest BCUT2D eigenvalue weighted by Crippen LogP contribution is -2.36. The molecule has 2 N–H and O–H groups in total. The van der Waals surface area contributed by atoms with E-state index in [-0.39, 0.29) is 11.6 Å². The molecule has 3 aromatic heterocycles. The van der Waals surface area contributed by atoms with Crippen LogP contribution in [-0.4, -0.2) is 48.0 Å². The Morgan fingerprint density at radius 2 is 1.96 bits per heavy atom. The maximum atomic E-state index is 13.0. The maximum Gasteiger partial charge on any atom is 0.453 e. The Morgan fingerprint density at radius 3 is 2.62 bits per heavy atom. The minimum Gasteiger partial charge on any atom is -0.385 e. The molecule has 1 saturated heterocycles. The predicted octanol–water partition coefficient (Wildman–Crippen LogP) is 1.82. The number of rotatable bonds is 3. The van der Waals surface area contributed by atoms with Crippen molar-refractivity contribution in [3.63, 3.8) is 0 Å². The Balaban J connectivity index is 1.51. The van der Waals surface area contributed by atoms with Crippen molar-refractivity contribution in [2.24, 2.45) is 5.92 Å². The number of hydrogen-bond donors (Lipinski definition) is 2. The van der Waals surface area contributed by atoms with E-state index in [0.29, 0.717) is 37.6 Å². The van der Waals surface area contributed by atoms with Gasteiger partial charge in [-0.3, -0.25) is 0 Å². The van der Waals surface area contributed by atoms with Crippen molar-refractivity contribution in [1.29, 1.82) is 0 Å². The van der Waals surface area contributed by atoms with Crippen LogP contribution in [-0.2, 0) is 6.18 Å². The number of aromatic nitrogens is 6. The molecule has 138 valence electrons. The fourth-order valence-corrected chi connectivity index (χ4v) is 3.23. The number of alkyl halides is 3. The van der Waals surface area contributed by atoms with Crippen LogP contribution < -0.4 is 4.90 Å². The zero-order chi connectivity index (χ0) is 18.3. The van der Waals surface area contributed by atoms with E-state index < -0.39 is 18.1 Å². The van der Waals surface area contributed by atoms with Crippen LogP contribution >= 0.6 is 0 Å². The van der Waals surface area contributed by atoms with Crippen molar-refractivity contribution in [3.8, 4) is 0 Å². The van der Waals surface area contributed by atoms with Gasteiger partial charge in [0.05, 0.1) is 0 Å². The van der Waals surface area contributed by atoms with Crippen molar-refractivity contribution in [3.05, 3.63) is 36.2 Å². The quantitative estimate of drug-likeness (QED) is 0.733. The lowest BCUT2D eigenvalue weighted by Gasteiger charge is -2.34. The second-order valence-electron chi connectivity index (χ2n) is 6.23. The molecule has 26 heavy (non-hydrogen) atoms. The average Bonchev–Trinajstić information content (AvgIpc) is 3.30. The van der Waals surface area contributed by atoms with Gasteiger partial charge in [0.25, 0.3) is 5.82 Å². The summed E-state index contributed by atoms with van der Waals surface area (Å²) in [6.07, 6.45) is -0.706. The van der Waals surface area contributed by atoms with E-state index in [1.54, 1.807) is 18.5 Å². The summed E-state index contributed by atoms with van der Waals surface area (Å²) in [6.45, 7) is 1.15. The van der Waals surface area contributed by atoms with Gasteiger partial charge in [-0.25, -0.2) is 4.98 Å². The minimum absolute atomic E-state index is 0.0294. The number of aliphatic hydroxyl groups is 1. The summed E-state index contributed by atoms with van der Waals surface area (Å²) in [5.41, 5.74) is 0.0456. The highest BCUT2D eigenvalue weighted by atomic mass is 19.4. The highest BCUT2D eigenvalue weighted by molar-refractivity contribution is 5.46. The van der Waals surface area contributed by atoms with Gasteiger partial charge in [0.15, 0.2) is 5.65 Å².